The Hall–Kier alpha value is -9.90. The first kappa shape index (κ1) is 45.7. The maximum atomic E-state index is 2.54. The van der Waals surface area contributed by atoms with E-state index < -0.39 is 5.41 Å². The average Bonchev–Trinajstić information content (AvgIpc) is 4.19. The minimum absolute atomic E-state index is 0.119. The van der Waals surface area contributed by atoms with Gasteiger partial charge in [-0.2, -0.15) is 0 Å². The van der Waals surface area contributed by atoms with Gasteiger partial charge in [0.2, 0.25) is 0 Å². The van der Waals surface area contributed by atoms with Crippen LogP contribution < -0.4 is 19.6 Å². The van der Waals surface area contributed by atoms with Gasteiger partial charge in [-0.25, -0.2) is 0 Å². The molecule has 0 saturated carbocycles. The van der Waals surface area contributed by atoms with Gasteiger partial charge in [-0.15, -0.1) is 0 Å². The van der Waals surface area contributed by atoms with Gasteiger partial charge in [-0.1, -0.05) is 176 Å². The number of nitrogens with zero attached hydrogens (tertiary/aromatic N) is 4. The van der Waals surface area contributed by atoms with Crippen molar-refractivity contribution in [2.45, 2.75) is 17.9 Å². The van der Waals surface area contributed by atoms with Crippen LogP contribution in [-0.2, 0) is 5.41 Å². The first-order chi connectivity index (χ1) is 38.2. The molecule has 0 aromatic heterocycles. The van der Waals surface area contributed by atoms with Gasteiger partial charge in [0, 0.05) is 62.6 Å². The highest BCUT2D eigenvalue weighted by molar-refractivity contribution is 5.99. The number of benzene rings is 11. The van der Waals surface area contributed by atoms with E-state index in [0.717, 1.165) is 69.0 Å². The van der Waals surface area contributed by atoms with Gasteiger partial charge in [0.15, 0.2) is 0 Å². The van der Waals surface area contributed by atoms with E-state index in [1.54, 1.807) is 0 Å². The molecule has 0 fully saturated rings. The molecule has 11 aromatic carbocycles. The van der Waals surface area contributed by atoms with E-state index in [2.05, 4.69) is 329 Å². The summed E-state index contributed by atoms with van der Waals surface area (Å²) in [7, 11) is 0. The lowest BCUT2D eigenvalue weighted by Crippen LogP contribution is -2.31. The lowest BCUT2D eigenvalue weighted by molar-refractivity contribution is 0.774. The van der Waals surface area contributed by atoms with Gasteiger partial charge in [-0.3, -0.25) is 0 Å². The molecule has 1 spiro atoms. The lowest BCUT2D eigenvalue weighted by atomic mass is 9.70. The molecule has 4 heteroatoms. The third-order valence-corrected chi connectivity index (χ3v) is 15.7. The minimum atomic E-state index is -0.796. The first-order valence-electron chi connectivity index (χ1n) is 26.7. The Morgan fingerprint density at radius 3 is 0.818 bits per heavy atom. The molecule has 1 unspecified atom stereocenters. The van der Waals surface area contributed by atoms with Crippen LogP contribution in [0.25, 0.3) is 22.3 Å². The number of para-hydroxylation sites is 7. The van der Waals surface area contributed by atoms with E-state index in [1.165, 1.54) is 44.5 Å². The zero-order valence-electron chi connectivity index (χ0n) is 42.5. The van der Waals surface area contributed by atoms with Crippen molar-refractivity contribution in [2.75, 3.05) is 19.6 Å². The minimum Gasteiger partial charge on any atom is -0.334 e. The molecule has 3 aliphatic carbocycles. The van der Waals surface area contributed by atoms with Crippen LogP contribution in [0.4, 0.5) is 62.6 Å². The van der Waals surface area contributed by atoms with Crippen molar-refractivity contribution in [2.24, 2.45) is 0 Å². The topological polar surface area (TPSA) is 13.0 Å². The number of allylic oxidation sites excluding steroid dienone is 2. The normalized spacial score (nSPS) is 14.1. The highest BCUT2D eigenvalue weighted by Gasteiger charge is 2.53. The van der Waals surface area contributed by atoms with E-state index in [4.69, 9.17) is 0 Å². The Morgan fingerprint density at radius 1 is 0.260 bits per heavy atom. The van der Waals surface area contributed by atoms with E-state index in [-0.39, 0.29) is 6.04 Å². The molecule has 0 amide bonds. The van der Waals surface area contributed by atoms with Crippen molar-refractivity contribution >= 4 is 62.6 Å². The van der Waals surface area contributed by atoms with Gasteiger partial charge in [-0.05, 0) is 184 Å². The van der Waals surface area contributed by atoms with Crippen molar-refractivity contribution in [3.8, 4) is 22.3 Å². The second-order valence-corrected chi connectivity index (χ2v) is 20.0. The zero-order chi connectivity index (χ0) is 51.1. The molecule has 0 aliphatic heterocycles. The summed E-state index contributed by atoms with van der Waals surface area (Å²) in [5.74, 6) is 0. The van der Waals surface area contributed by atoms with Gasteiger partial charge < -0.3 is 19.6 Å². The summed E-state index contributed by atoms with van der Waals surface area (Å²) in [5, 5.41) is 0. The molecule has 0 bridgehead atoms. The second-order valence-electron chi connectivity index (χ2n) is 20.0. The molecule has 14 rings (SSSR count). The number of fused-ring (bicyclic) bond motifs is 10. The van der Waals surface area contributed by atoms with Gasteiger partial charge in [0.1, 0.15) is 0 Å². The maximum absolute atomic E-state index is 2.54. The number of rotatable bonds is 12. The maximum Gasteiger partial charge on any atom is 0.0728 e. The van der Waals surface area contributed by atoms with Crippen molar-refractivity contribution in [1.29, 1.82) is 0 Å². The van der Waals surface area contributed by atoms with Gasteiger partial charge in [0.25, 0.3) is 0 Å². The second kappa shape index (κ2) is 19.4. The third kappa shape index (κ3) is 7.84. The van der Waals surface area contributed by atoms with Crippen molar-refractivity contribution in [3.05, 3.63) is 332 Å². The molecule has 0 heterocycles. The molecule has 0 radical (unpaired) electrons. The summed E-state index contributed by atoms with van der Waals surface area (Å²) in [4.78, 5) is 9.76. The van der Waals surface area contributed by atoms with E-state index in [1.807, 2.05) is 0 Å². The highest BCUT2D eigenvalue weighted by atomic mass is 15.2. The summed E-state index contributed by atoms with van der Waals surface area (Å²) < 4.78 is 0. The molecule has 0 saturated heterocycles. The van der Waals surface area contributed by atoms with Crippen LogP contribution in [0.2, 0.25) is 0 Å². The smallest absolute Gasteiger partial charge is 0.0728 e. The monoisotopic (exact) mass is 986 g/mol. The predicted molar refractivity (Wildman–Crippen MR) is 322 cm³/mol. The molecule has 77 heavy (non-hydrogen) atoms. The van der Waals surface area contributed by atoms with Crippen LogP contribution in [0.15, 0.2) is 309 Å². The Labute approximate surface area is 451 Å². The van der Waals surface area contributed by atoms with Gasteiger partial charge >= 0.3 is 0 Å². The predicted octanol–water partition coefficient (Wildman–Crippen LogP) is 19.5. The van der Waals surface area contributed by atoms with Crippen LogP contribution in [0, 0.1) is 0 Å². The zero-order valence-corrected chi connectivity index (χ0v) is 42.5. The molecule has 1 atom stereocenters. The summed E-state index contributed by atoms with van der Waals surface area (Å²) >= 11 is 0. The fourth-order valence-electron chi connectivity index (χ4n) is 12.4. The fraction of sp³-hybridized carbons (Fsp3) is 0.0411. The molecular formula is C73H54N4. The fourth-order valence-corrected chi connectivity index (χ4v) is 12.4. The van der Waals surface area contributed by atoms with Crippen LogP contribution in [0.3, 0.4) is 0 Å². The average molecular weight is 987 g/mol. The van der Waals surface area contributed by atoms with Gasteiger partial charge in [0.05, 0.1) is 11.5 Å². The number of hydrogen-bond acceptors (Lipinski definition) is 4. The van der Waals surface area contributed by atoms with Crippen LogP contribution in [-0.4, -0.2) is 6.04 Å². The molecule has 11 aromatic rings. The Bertz CT molecular complexity index is 3570. The Kier molecular flexibility index (Phi) is 11.5. The Morgan fingerprint density at radius 2 is 0.532 bits per heavy atom. The number of anilines is 11. The molecule has 3 aliphatic rings. The highest BCUT2D eigenvalue weighted by Crippen LogP contribution is 2.65. The summed E-state index contributed by atoms with van der Waals surface area (Å²) in [6, 6.07) is 105. The summed E-state index contributed by atoms with van der Waals surface area (Å²) in [6.07, 6.45) is 9.91. The molecule has 366 valence electrons. The van der Waals surface area contributed by atoms with E-state index in [0.29, 0.717) is 0 Å². The molecular weight excluding hydrogens is 933 g/mol. The van der Waals surface area contributed by atoms with Crippen molar-refractivity contribution in [3.63, 3.8) is 0 Å². The van der Waals surface area contributed by atoms with Crippen LogP contribution in [0.5, 0.6) is 0 Å². The largest absolute Gasteiger partial charge is 0.334 e. The third-order valence-electron chi connectivity index (χ3n) is 15.7. The van der Waals surface area contributed by atoms with E-state index >= 15 is 0 Å². The molecule has 0 N–H and O–H groups in total. The summed E-state index contributed by atoms with van der Waals surface area (Å²) in [6.45, 7) is 0. The standard InChI is InChI=1S/C73H54N4/c1-9-25-53(26-10-1)74(54-27-11-2-12-28-54)61-41-45-65-66-46-42-62(75(55-29-13-3-14-30-55)56-31-15-4-16-32-56)50-70(66)73(69(65)49-61)71-51-63(76(57-33-17-5-18-34-57)58-35-19-6-20-36-58)43-47-67(71)68-48-44-64(52-72(68)73)77(59-37-21-7-22-38-59)60-39-23-8-24-40-60/h1-39,41-52,60H,40H2. The molecule has 4 nitrogen and oxygen atoms in total. The van der Waals surface area contributed by atoms with E-state index in [9.17, 15) is 0 Å². The SMILES string of the molecule is C1=CCC(N(c2ccccc2)c2ccc3c(c2)C2(c4cc(N(c5ccccc5)c5ccccc5)ccc4-c4ccc(N(c5ccccc5)c5ccccc5)cc42)c2cc(N(c4ccccc4)c4ccccc4)ccc2-3)C=C1. The number of hydrogen-bond donors (Lipinski definition) is 0. The van der Waals surface area contributed by atoms with Crippen molar-refractivity contribution < 1.29 is 0 Å². The quantitative estimate of drug-likeness (QED) is 0.121. The first-order valence-corrected chi connectivity index (χ1v) is 26.7. The van der Waals surface area contributed by atoms with Crippen molar-refractivity contribution in [1.82, 2.24) is 0 Å². The summed E-state index contributed by atoms with van der Waals surface area (Å²) in [5.41, 5.74) is 21.3. The Balaban J connectivity index is 1.09. The lowest BCUT2D eigenvalue weighted by Gasteiger charge is -2.36. The van der Waals surface area contributed by atoms with Crippen LogP contribution in [0.1, 0.15) is 28.7 Å². The van der Waals surface area contributed by atoms with Crippen LogP contribution >= 0.6 is 0 Å².